The number of sulfone groups is 1. The van der Waals surface area contributed by atoms with Crippen molar-refractivity contribution < 1.29 is 27.1 Å². The highest BCUT2D eigenvalue weighted by Crippen LogP contribution is 2.43. The molecule has 0 unspecified atom stereocenters. The van der Waals surface area contributed by atoms with Gasteiger partial charge in [-0.2, -0.15) is 0 Å². The number of hydrogen-bond acceptors (Lipinski definition) is 6. The van der Waals surface area contributed by atoms with Crippen LogP contribution in [0.25, 0.3) is 0 Å². The number of rotatable bonds is 10. The highest BCUT2D eigenvalue weighted by Gasteiger charge is 2.37. The molecule has 1 aliphatic rings. The van der Waals surface area contributed by atoms with E-state index in [0.29, 0.717) is 12.4 Å². The number of hydrogen-bond donors (Lipinski definition) is 0. The van der Waals surface area contributed by atoms with E-state index in [1.165, 1.54) is 7.11 Å². The summed E-state index contributed by atoms with van der Waals surface area (Å²) in [4.78, 5) is 0.149. The van der Waals surface area contributed by atoms with Gasteiger partial charge in [-0.25, -0.2) is 8.42 Å². The van der Waals surface area contributed by atoms with Crippen LogP contribution in [-0.4, -0.2) is 47.8 Å². The summed E-state index contributed by atoms with van der Waals surface area (Å²) in [5, 5.41) is -0.0148. The minimum atomic E-state index is -3.66. The number of methoxy groups -OCH3 is 1. The highest BCUT2D eigenvalue weighted by atomic mass is 79.9. The molecule has 9 heteroatoms. The first-order valence-electron chi connectivity index (χ1n) is 10.8. The molecule has 2 atom stereocenters. The zero-order chi connectivity index (χ0) is 23.4. The van der Waals surface area contributed by atoms with E-state index in [0.717, 1.165) is 24.8 Å². The van der Waals surface area contributed by atoms with Crippen LogP contribution in [0.15, 0.2) is 17.0 Å². The zero-order valence-electron chi connectivity index (χ0n) is 19.8. The largest absolute Gasteiger partial charge is 0.493 e. The fraction of sp³-hybridized carbons (Fsp3) is 0.727. The molecule has 1 aliphatic heterocycles. The molecule has 1 saturated heterocycles. The van der Waals surface area contributed by atoms with Crippen molar-refractivity contribution in [3.8, 4) is 11.5 Å². The van der Waals surface area contributed by atoms with Crippen molar-refractivity contribution in [1.29, 1.82) is 0 Å². The normalized spacial score (nSPS) is 20.1. The zero-order valence-corrected chi connectivity index (χ0v) is 23.2. The standard InChI is InChI=1S/C22H37BrO6SSi/c1-8-11-27-21-18(26-5)14-16(17-9-10-20(23)29-17)15-19(21)30(24,25)13-12-28-31(6,7)22(2,3)4/h14-15,17,20H,8-13H2,1-7H3/t17-,20-/m0/s1. The van der Waals surface area contributed by atoms with Gasteiger partial charge in [0.15, 0.2) is 29.7 Å². The second-order valence-corrected chi connectivity index (χ2v) is 17.3. The molecule has 0 spiro atoms. The van der Waals surface area contributed by atoms with Gasteiger partial charge in [0.05, 0.1) is 25.6 Å². The third-order valence-corrected chi connectivity index (χ3v) is 12.9. The Morgan fingerprint density at radius 3 is 2.39 bits per heavy atom. The molecule has 0 bridgehead atoms. The Labute approximate surface area is 197 Å². The van der Waals surface area contributed by atoms with Gasteiger partial charge in [-0.3, -0.25) is 0 Å². The van der Waals surface area contributed by atoms with Crippen LogP contribution >= 0.6 is 15.9 Å². The minimum absolute atomic E-state index is 0.0152. The molecule has 0 saturated carbocycles. The summed E-state index contributed by atoms with van der Waals surface area (Å²) in [5.41, 5.74) is 0.784. The van der Waals surface area contributed by atoms with E-state index in [1.54, 1.807) is 6.07 Å². The van der Waals surface area contributed by atoms with Crippen LogP contribution in [0.4, 0.5) is 0 Å². The monoisotopic (exact) mass is 536 g/mol. The van der Waals surface area contributed by atoms with E-state index < -0.39 is 18.2 Å². The van der Waals surface area contributed by atoms with Crippen molar-refractivity contribution in [1.82, 2.24) is 0 Å². The Balaban J connectivity index is 2.37. The molecule has 1 aromatic carbocycles. The molecule has 1 fully saturated rings. The van der Waals surface area contributed by atoms with Gasteiger partial charge in [0, 0.05) is 6.61 Å². The fourth-order valence-electron chi connectivity index (χ4n) is 3.09. The summed E-state index contributed by atoms with van der Waals surface area (Å²) in [5.74, 6) is 0.576. The maximum atomic E-state index is 13.4. The average Bonchev–Trinajstić information content (AvgIpc) is 3.10. The van der Waals surface area contributed by atoms with Crippen LogP contribution in [0.3, 0.4) is 0 Å². The van der Waals surface area contributed by atoms with Crippen LogP contribution in [0.5, 0.6) is 11.5 Å². The predicted molar refractivity (Wildman–Crippen MR) is 130 cm³/mol. The molecular weight excluding hydrogens is 500 g/mol. The highest BCUT2D eigenvalue weighted by molar-refractivity contribution is 9.09. The second kappa shape index (κ2) is 10.5. The Morgan fingerprint density at radius 2 is 1.87 bits per heavy atom. The third kappa shape index (κ3) is 6.69. The van der Waals surface area contributed by atoms with Gasteiger partial charge in [-0.15, -0.1) is 0 Å². The molecule has 0 aromatic heterocycles. The van der Waals surface area contributed by atoms with Crippen molar-refractivity contribution in [2.45, 2.75) is 81.1 Å². The lowest BCUT2D eigenvalue weighted by atomic mass is 10.1. The van der Waals surface area contributed by atoms with Crippen LogP contribution in [-0.2, 0) is 19.0 Å². The molecule has 0 N–H and O–H groups in total. The van der Waals surface area contributed by atoms with E-state index in [9.17, 15) is 8.42 Å². The van der Waals surface area contributed by atoms with E-state index in [4.69, 9.17) is 18.6 Å². The van der Waals surface area contributed by atoms with Gasteiger partial charge in [-0.1, -0.05) is 43.6 Å². The number of ether oxygens (including phenoxy) is 3. The second-order valence-electron chi connectivity index (χ2n) is 9.44. The number of halogens is 1. The van der Waals surface area contributed by atoms with Crippen molar-refractivity contribution in [3.05, 3.63) is 17.7 Å². The van der Waals surface area contributed by atoms with Crippen molar-refractivity contribution in [2.24, 2.45) is 0 Å². The summed E-state index contributed by atoms with van der Waals surface area (Å²) in [6.07, 6.45) is 2.25. The Bertz CT molecular complexity index is 850. The first-order chi connectivity index (χ1) is 14.3. The van der Waals surface area contributed by atoms with Crippen LogP contribution in [0, 0.1) is 0 Å². The summed E-state index contributed by atoms with van der Waals surface area (Å²) in [7, 11) is -4.18. The van der Waals surface area contributed by atoms with Crippen molar-refractivity contribution >= 4 is 34.1 Å². The summed E-state index contributed by atoms with van der Waals surface area (Å²) in [6, 6.07) is 3.51. The molecule has 31 heavy (non-hydrogen) atoms. The number of alkyl halides is 1. The minimum Gasteiger partial charge on any atom is -0.493 e. The smallest absolute Gasteiger partial charge is 0.192 e. The molecule has 0 aliphatic carbocycles. The Kier molecular flexibility index (Phi) is 9.06. The van der Waals surface area contributed by atoms with Gasteiger partial charge < -0.3 is 18.6 Å². The quantitative estimate of drug-likeness (QED) is 0.275. The van der Waals surface area contributed by atoms with Gasteiger partial charge in [0.25, 0.3) is 0 Å². The molecule has 1 heterocycles. The molecule has 1 aromatic rings. The third-order valence-electron chi connectivity index (χ3n) is 6.01. The van der Waals surface area contributed by atoms with Gasteiger partial charge in [0.2, 0.25) is 0 Å². The van der Waals surface area contributed by atoms with Crippen LogP contribution in [0.2, 0.25) is 18.1 Å². The Hall–Kier alpha value is -0.613. The topological polar surface area (TPSA) is 71.1 Å². The van der Waals surface area contributed by atoms with E-state index >= 15 is 0 Å². The maximum Gasteiger partial charge on any atom is 0.192 e. The molecule has 0 radical (unpaired) electrons. The SMILES string of the molecule is CCCOc1c(OC)cc([C@@H]2CC[C@@H](Br)O2)cc1S(=O)(=O)CCO[Si](C)(C)C(C)(C)C. The summed E-state index contributed by atoms with van der Waals surface area (Å²) < 4.78 is 50.2. The maximum absolute atomic E-state index is 13.4. The first-order valence-corrected chi connectivity index (χ1v) is 16.3. The lowest BCUT2D eigenvalue weighted by molar-refractivity contribution is 0.0958. The lowest BCUT2D eigenvalue weighted by Crippen LogP contribution is -2.41. The van der Waals surface area contributed by atoms with E-state index in [-0.39, 0.29) is 39.2 Å². The predicted octanol–water partition coefficient (Wildman–Crippen LogP) is 5.85. The molecule has 0 amide bonds. The average molecular weight is 538 g/mol. The molecule has 2 rings (SSSR count). The molecule has 178 valence electrons. The van der Waals surface area contributed by atoms with Gasteiger partial charge >= 0.3 is 0 Å². The molecule has 6 nitrogen and oxygen atoms in total. The summed E-state index contributed by atoms with van der Waals surface area (Å²) >= 11 is 3.48. The summed E-state index contributed by atoms with van der Waals surface area (Å²) in [6.45, 7) is 13.2. The van der Waals surface area contributed by atoms with E-state index in [1.807, 2.05) is 13.0 Å². The van der Waals surface area contributed by atoms with Crippen molar-refractivity contribution in [2.75, 3.05) is 26.1 Å². The van der Waals surface area contributed by atoms with Crippen LogP contribution in [0.1, 0.15) is 58.6 Å². The molecular formula is C22H37BrO6SSi. The van der Waals surface area contributed by atoms with E-state index in [2.05, 4.69) is 49.8 Å². The van der Waals surface area contributed by atoms with Gasteiger partial charge in [-0.05, 0) is 55.1 Å². The van der Waals surface area contributed by atoms with Crippen molar-refractivity contribution in [3.63, 3.8) is 0 Å². The first kappa shape index (κ1) is 26.6. The Morgan fingerprint density at radius 1 is 1.19 bits per heavy atom. The number of benzene rings is 1. The fourth-order valence-corrected chi connectivity index (χ4v) is 6.09. The van der Waals surface area contributed by atoms with Gasteiger partial charge in [0.1, 0.15) is 9.91 Å². The van der Waals surface area contributed by atoms with Crippen LogP contribution < -0.4 is 9.47 Å². The lowest BCUT2D eigenvalue weighted by Gasteiger charge is -2.36.